The van der Waals surface area contributed by atoms with Crippen LogP contribution in [0.1, 0.15) is 13.3 Å². The zero-order valence-corrected chi connectivity index (χ0v) is 17.2. The quantitative estimate of drug-likeness (QED) is 0.385. The van der Waals surface area contributed by atoms with Gasteiger partial charge in [0.25, 0.3) is 0 Å². The van der Waals surface area contributed by atoms with Crippen molar-refractivity contribution in [3.63, 3.8) is 0 Å². The third-order valence-corrected chi connectivity index (χ3v) is 4.86. The van der Waals surface area contributed by atoms with E-state index < -0.39 is 30.2 Å². The lowest BCUT2D eigenvalue weighted by molar-refractivity contribution is -0.253. The van der Waals surface area contributed by atoms with Gasteiger partial charge in [0.2, 0.25) is 11.9 Å². The maximum absolute atomic E-state index is 13.6. The molecular weight excluding hydrogens is 444 g/mol. The van der Waals surface area contributed by atoms with Crippen molar-refractivity contribution in [2.24, 2.45) is 5.73 Å². The van der Waals surface area contributed by atoms with E-state index in [-0.39, 0.29) is 17.3 Å². The Kier molecular flexibility index (Phi) is 5.75. The van der Waals surface area contributed by atoms with E-state index in [0.717, 1.165) is 6.07 Å². The number of fused-ring (bicyclic) bond motifs is 3. The van der Waals surface area contributed by atoms with Crippen molar-refractivity contribution >= 4 is 28.4 Å². The molecule has 0 fully saturated rings. The molecule has 1 atom stereocenters. The normalized spacial score (nSPS) is 12.9. The molecule has 0 bridgehead atoms. The number of nitrogens with two attached hydrogens (primary N) is 1. The number of carbonyl (C=O) groups excluding carboxylic acids is 1. The average Bonchev–Trinajstić information content (AvgIpc) is 3.23. The molecule has 3 N–H and O–H groups in total. The van der Waals surface area contributed by atoms with E-state index >= 15 is 0 Å². The number of anilines is 1. The molecule has 12 heteroatoms. The van der Waals surface area contributed by atoms with Crippen molar-refractivity contribution in [2.75, 3.05) is 5.32 Å². The molecule has 172 valence electrons. The lowest BCUT2D eigenvalue weighted by Crippen LogP contribution is -2.35. The van der Waals surface area contributed by atoms with Crippen LogP contribution in [0, 0.1) is 0 Å². The SMILES string of the molecule is CCC(Nc1nc2ccccc2c2nc(-c3ccccc3OC(F)(F)C(F)F)nn12)C(N)=O. The Morgan fingerprint density at radius 3 is 2.55 bits per heavy atom. The summed E-state index contributed by atoms with van der Waals surface area (Å²) < 4.78 is 58.1. The molecule has 0 aliphatic rings. The highest BCUT2D eigenvalue weighted by molar-refractivity contribution is 5.93. The van der Waals surface area contributed by atoms with Crippen LogP contribution in [0.4, 0.5) is 23.5 Å². The van der Waals surface area contributed by atoms with Gasteiger partial charge in [-0.05, 0) is 30.7 Å². The molecule has 1 amide bonds. The standard InChI is InChI=1S/C21H18F4N6O2/c1-2-13(16(26)32)27-20-28-14-9-5-3-7-11(14)18-29-17(30-31(18)20)12-8-4-6-10-15(12)33-21(24,25)19(22)23/h3-10,13,19H,2H2,1H3,(H2,26,32)(H,27,28). The van der Waals surface area contributed by atoms with Crippen LogP contribution in [0.15, 0.2) is 48.5 Å². The van der Waals surface area contributed by atoms with Gasteiger partial charge in [0, 0.05) is 5.39 Å². The van der Waals surface area contributed by atoms with E-state index in [1.165, 1.54) is 22.7 Å². The molecule has 0 radical (unpaired) electrons. The van der Waals surface area contributed by atoms with Crippen LogP contribution in [0.5, 0.6) is 5.75 Å². The van der Waals surface area contributed by atoms with Gasteiger partial charge in [-0.2, -0.15) is 22.1 Å². The lowest BCUT2D eigenvalue weighted by Gasteiger charge is -2.18. The predicted molar refractivity (Wildman–Crippen MR) is 112 cm³/mol. The number of carbonyl (C=O) groups is 1. The first-order valence-corrected chi connectivity index (χ1v) is 9.87. The Hall–Kier alpha value is -3.96. The molecule has 0 aliphatic carbocycles. The van der Waals surface area contributed by atoms with Crippen molar-refractivity contribution in [2.45, 2.75) is 31.9 Å². The number of rotatable bonds is 8. The molecule has 2 aromatic heterocycles. The maximum Gasteiger partial charge on any atom is 0.461 e. The molecular formula is C21H18F4N6O2. The summed E-state index contributed by atoms with van der Waals surface area (Å²) in [5, 5.41) is 7.84. The van der Waals surface area contributed by atoms with Crippen molar-refractivity contribution in [3.05, 3.63) is 48.5 Å². The number of nitrogens with one attached hydrogen (secondary N) is 1. The smallest absolute Gasteiger partial charge is 0.428 e. The monoisotopic (exact) mass is 462 g/mol. The maximum atomic E-state index is 13.6. The van der Waals surface area contributed by atoms with Crippen LogP contribution < -0.4 is 15.8 Å². The summed E-state index contributed by atoms with van der Waals surface area (Å²) in [6.45, 7) is 1.75. The Bertz CT molecular complexity index is 1330. The number of benzene rings is 2. The number of hydrogen-bond donors (Lipinski definition) is 2. The van der Waals surface area contributed by atoms with Gasteiger partial charge in [-0.15, -0.1) is 5.10 Å². The highest BCUT2D eigenvalue weighted by atomic mass is 19.3. The molecule has 0 saturated heterocycles. The topological polar surface area (TPSA) is 107 Å². The van der Waals surface area contributed by atoms with Gasteiger partial charge in [0.15, 0.2) is 11.5 Å². The second-order valence-electron chi connectivity index (χ2n) is 7.09. The van der Waals surface area contributed by atoms with Gasteiger partial charge >= 0.3 is 12.5 Å². The highest BCUT2D eigenvalue weighted by Gasteiger charge is 2.44. The third-order valence-electron chi connectivity index (χ3n) is 4.86. The minimum Gasteiger partial charge on any atom is -0.428 e. The van der Waals surface area contributed by atoms with Crippen LogP contribution in [-0.4, -0.2) is 44.1 Å². The number of amides is 1. The van der Waals surface area contributed by atoms with E-state index in [4.69, 9.17) is 5.73 Å². The molecule has 4 rings (SSSR count). The summed E-state index contributed by atoms with van der Waals surface area (Å²) in [7, 11) is 0. The van der Waals surface area contributed by atoms with Gasteiger partial charge in [0.05, 0.1) is 11.1 Å². The Balaban J connectivity index is 1.89. The highest BCUT2D eigenvalue weighted by Crippen LogP contribution is 2.35. The average molecular weight is 462 g/mol. The fourth-order valence-electron chi connectivity index (χ4n) is 3.23. The van der Waals surface area contributed by atoms with E-state index in [1.54, 1.807) is 31.2 Å². The predicted octanol–water partition coefficient (Wildman–Crippen LogP) is 3.86. The number of para-hydroxylation sites is 2. The zero-order valence-electron chi connectivity index (χ0n) is 17.2. The van der Waals surface area contributed by atoms with Crippen molar-refractivity contribution < 1.29 is 27.1 Å². The largest absolute Gasteiger partial charge is 0.461 e. The van der Waals surface area contributed by atoms with Crippen LogP contribution in [-0.2, 0) is 4.79 Å². The molecule has 8 nitrogen and oxygen atoms in total. The lowest BCUT2D eigenvalue weighted by atomic mass is 10.2. The first-order chi connectivity index (χ1) is 15.7. The number of primary amides is 1. The second kappa shape index (κ2) is 8.52. The van der Waals surface area contributed by atoms with Crippen LogP contribution in [0.2, 0.25) is 0 Å². The molecule has 1 unspecified atom stereocenters. The summed E-state index contributed by atoms with van der Waals surface area (Å²) in [4.78, 5) is 20.6. The summed E-state index contributed by atoms with van der Waals surface area (Å²) in [6.07, 6.45) is -8.36. The van der Waals surface area contributed by atoms with Gasteiger partial charge in [-0.1, -0.05) is 31.2 Å². The summed E-state index contributed by atoms with van der Waals surface area (Å²) >= 11 is 0. The number of hydrogen-bond acceptors (Lipinski definition) is 6. The minimum absolute atomic E-state index is 0.0292. The van der Waals surface area contributed by atoms with Crippen molar-refractivity contribution in [1.82, 2.24) is 19.6 Å². The van der Waals surface area contributed by atoms with E-state index in [0.29, 0.717) is 23.0 Å². The number of alkyl halides is 4. The Morgan fingerprint density at radius 1 is 1.15 bits per heavy atom. The van der Waals surface area contributed by atoms with Gasteiger partial charge < -0.3 is 15.8 Å². The molecule has 2 heterocycles. The van der Waals surface area contributed by atoms with E-state index in [2.05, 4.69) is 25.1 Å². The minimum atomic E-state index is -4.70. The first kappa shape index (κ1) is 22.2. The fraction of sp³-hybridized carbons (Fsp3) is 0.238. The Morgan fingerprint density at radius 2 is 1.85 bits per heavy atom. The van der Waals surface area contributed by atoms with Gasteiger partial charge in [-0.3, -0.25) is 4.79 Å². The molecule has 4 aromatic rings. The molecule has 0 saturated carbocycles. The number of aromatic nitrogens is 4. The van der Waals surface area contributed by atoms with E-state index in [9.17, 15) is 22.4 Å². The molecule has 0 aliphatic heterocycles. The van der Waals surface area contributed by atoms with Gasteiger partial charge in [-0.25, -0.2) is 9.97 Å². The van der Waals surface area contributed by atoms with Crippen LogP contribution in [0.25, 0.3) is 27.9 Å². The summed E-state index contributed by atoms with van der Waals surface area (Å²) in [5.74, 6) is -1.05. The van der Waals surface area contributed by atoms with Crippen molar-refractivity contribution in [1.29, 1.82) is 0 Å². The van der Waals surface area contributed by atoms with Crippen LogP contribution >= 0.6 is 0 Å². The van der Waals surface area contributed by atoms with E-state index in [1.807, 2.05) is 0 Å². The number of nitrogens with zero attached hydrogens (tertiary/aromatic N) is 4. The summed E-state index contributed by atoms with van der Waals surface area (Å²) in [6, 6.07) is 11.6. The third kappa shape index (κ3) is 4.23. The fourth-order valence-corrected chi connectivity index (χ4v) is 3.23. The first-order valence-electron chi connectivity index (χ1n) is 9.87. The summed E-state index contributed by atoms with van der Waals surface area (Å²) in [5.41, 5.74) is 6.22. The van der Waals surface area contributed by atoms with Crippen LogP contribution in [0.3, 0.4) is 0 Å². The second-order valence-corrected chi connectivity index (χ2v) is 7.09. The molecule has 33 heavy (non-hydrogen) atoms. The molecule has 0 spiro atoms. The Labute approximate surface area is 184 Å². The van der Waals surface area contributed by atoms with Gasteiger partial charge in [0.1, 0.15) is 11.8 Å². The van der Waals surface area contributed by atoms with Crippen molar-refractivity contribution in [3.8, 4) is 17.1 Å². The number of halogens is 4. The molecule has 2 aromatic carbocycles. The zero-order chi connectivity index (χ0) is 23.8. The number of ether oxygens (including phenoxy) is 1.